The Labute approximate surface area is 129 Å². The topological polar surface area (TPSA) is 61.6 Å². The van der Waals surface area contributed by atoms with Crippen LogP contribution in [-0.4, -0.2) is 22.8 Å². The van der Waals surface area contributed by atoms with Crippen LogP contribution in [0.15, 0.2) is 41.6 Å². The van der Waals surface area contributed by atoms with Crippen LogP contribution in [0, 0.1) is 25.2 Å². The maximum atomic E-state index is 9.65. The first-order chi connectivity index (χ1) is 10.1. The van der Waals surface area contributed by atoms with Gasteiger partial charge < -0.3 is 0 Å². The van der Waals surface area contributed by atoms with E-state index in [2.05, 4.69) is 21.4 Å². The molecule has 0 radical (unpaired) electrons. The van der Waals surface area contributed by atoms with E-state index in [9.17, 15) is 5.26 Å². The summed E-state index contributed by atoms with van der Waals surface area (Å²) in [6.07, 6.45) is 0. The van der Waals surface area contributed by atoms with E-state index in [0.717, 1.165) is 17.0 Å². The number of hydrogen-bond acceptors (Lipinski definition) is 5. The molecule has 5 heteroatoms. The van der Waals surface area contributed by atoms with Crippen LogP contribution in [0.5, 0.6) is 0 Å². The maximum absolute atomic E-state index is 9.65. The lowest BCUT2D eigenvalue weighted by Gasteiger charge is -2.26. The van der Waals surface area contributed by atoms with E-state index in [1.165, 1.54) is 11.8 Å². The highest BCUT2D eigenvalue weighted by atomic mass is 32.2. The van der Waals surface area contributed by atoms with Crippen LogP contribution in [0.3, 0.4) is 0 Å². The molecule has 1 unspecified atom stereocenters. The van der Waals surface area contributed by atoms with Crippen molar-refractivity contribution in [3.63, 3.8) is 0 Å². The molecular weight excluding hydrogens is 280 g/mol. The van der Waals surface area contributed by atoms with E-state index in [0.29, 0.717) is 10.9 Å². The molecule has 1 N–H and O–H groups in total. The normalized spacial score (nSPS) is 13.4. The number of aromatic nitrogens is 2. The molecule has 2 rings (SSSR count). The highest BCUT2D eigenvalue weighted by Crippen LogP contribution is 2.27. The number of nitriles is 1. The second kappa shape index (κ2) is 6.70. The number of aryl methyl sites for hydroxylation is 2. The zero-order valence-corrected chi connectivity index (χ0v) is 13.2. The lowest BCUT2D eigenvalue weighted by Crippen LogP contribution is -2.41. The average molecular weight is 298 g/mol. The minimum Gasteiger partial charge on any atom is -0.298 e. The monoisotopic (exact) mass is 298 g/mol. The first kappa shape index (κ1) is 15.5. The Morgan fingerprint density at radius 3 is 2.33 bits per heavy atom. The van der Waals surface area contributed by atoms with E-state index in [-0.39, 0.29) is 0 Å². The molecule has 0 fully saturated rings. The van der Waals surface area contributed by atoms with Gasteiger partial charge in [0.1, 0.15) is 5.54 Å². The van der Waals surface area contributed by atoms with Crippen molar-refractivity contribution in [3.8, 4) is 6.07 Å². The highest BCUT2D eigenvalue weighted by Gasteiger charge is 2.30. The van der Waals surface area contributed by atoms with Crippen molar-refractivity contribution < 1.29 is 0 Å². The Bertz CT molecular complexity index is 631. The van der Waals surface area contributed by atoms with Gasteiger partial charge in [-0.1, -0.05) is 42.1 Å². The van der Waals surface area contributed by atoms with E-state index in [4.69, 9.17) is 0 Å². The summed E-state index contributed by atoms with van der Waals surface area (Å²) in [6.45, 7) is 3.90. The number of nitrogens with zero attached hydrogens (tertiary/aromatic N) is 3. The summed E-state index contributed by atoms with van der Waals surface area (Å²) in [5.74, 6) is 0.549. The summed E-state index contributed by atoms with van der Waals surface area (Å²) >= 11 is 1.49. The van der Waals surface area contributed by atoms with Gasteiger partial charge in [0.25, 0.3) is 0 Å². The Kier molecular flexibility index (Phi) is 4.94. The molecule has 0 spiro atoms. The van der Waals surface area contributed by atoms with Crippen LogP contribution in [0.1, 0.15) is 17.0 Å². The third-order valence-corrected chi connectivity index (χ3v) is 4.28. The lowest BCUT2D eigenvalue weighted by molar-refractivity contribution is 0.527. The molecule has 0 saturated heterocycles. The molecular formula is C16H18N4S. The van der Waals surface area contributed by atoms with Crippen molar-refractivity contribution in [2.75, 3.05) is 12.8 Å². The summed E-state index contributed by atoms with van der Waals surface area (Å²) < 4.78 is 0. The Hall–Kier alpha value is -1.90. The van der Waals surface area contributed by atoms with Crippen LogP contribution in [0.2, 0.25) is 0 Å². The maximum Gasteiger partial charge on any atom is 0.188 e. The summed E-state index contributed by atoms with van der Waals surface area (Å²) in [4.78, 5) is 8.83. The van der Waals surface area contributed by atoms with Gasteiger partial charge in [-0.2, -0.15) is 5.26 Å². The van der Waals surface area contributed by atoms with Crippen molar-refractivity contribution >= 4 is 11.8 Å². The molecule has 1 heterocycles. The summed E-state index contributed by atoms with van der Waals surface area (Å²) in [7, 11) is 1.80. The Morgan fingerprint density at radius 2 is 1.81 bits per heavy atom. The molecule has 0 bridgehead atoms. The van der Waals surface area contributed by atoms with Gasteiger partial charge in [0.05, 0.1) is 6.07 Å². The van der Waals surface area contributed by atoms with Crippen molar-refractivity contribution in [1.82, 2.24) is 15.3 Å². The minimum atomic E-state index is -0.743. The second-order valence-electron chi connectivity index (χ2n) is 4.86. The lowest BCUT2D eigenvalue weighted by atomic mass is 9.94. The Morgan fingerprint density at radius 1 is 1.19 bits per heavy atom. The predicted molar refractivity (Wildman–Crippen MR) is 85.0 cm³/mol. The van der Waals surface area contributed by atoms with Gasteiger partial charge in [-0.25, -0.2) is 9.97 Å². The number of thioether (sulfide) groups is 1. The fourth-order valence-corrected chi connectivity index (χ4v) is 3.24. The largest absolute Gasteiger partial charge is 0.298 e. The zero-order valence-electron chi connectivity index (χ0n) is 12.4. The molecule has 0 aliphatic rings. The smallest absolute Gasteiger partial charge is 0.188 e. The van der Waals surface area contributed by atoms with Crippen molar-refractivity contribution in [3.05, 3.63) is 53.3 Å². The molecule has 108 valence electrons. The SMILES string of the molecule is CNC(C#N)(CSc1nc(C)cc(C)n1)c1ccccc1. The zero-order chi connectivity index (χ0) is 15.3. The summed E-state index contributed by atoms with van der Waals surface area (Å²) in [5, 5.41) is 13.5. The first-order valence-corrected chi connectivity index (χ1v) is 7.69. The van der Waals surface area contributed by atoms with Crippen LogP contribution in [-0.2, 0) is 5.54 Å². The van der Waals surface area contributed by atoms with Crippen LogP contribution < -0.4 is 5.32 Å². The Balaban J connectivity index is 2.23. The fourth-order valence-electron chi connectivity index (χ4n) is 2.11. The van der Waals surface area contributed by atoms with Gasteiger partial charge in [-0.15, -0.1) is 0 Å². The minimum absolute atomic E-state index is 0.549. The van der Waals surface area contributed by atoms with Crippen LogP contribution >= 0.6 is 11.8 Å². The summed E-state index contributed by atoms with van der Waals surface area (Å²) in [6, 6.07) is 14.1. The molecule has 1 atom stereocenters. The van der Waals surface area contributed by atoms with Crippen LogP contribution in [0.4, 0.5) is 0 Å². The fraction of sp³-hybridized carbons (Fsp3) is 0.312. The van der Waals surface area contributed by atoms with Gasteiger partial charge in [0.15, 0.2) is 5.16 Å². The van der Waals surface area contributed by atoms with Gasteiger partial charge >= 0.3 is 0 Å². The molecule has 1 aromatic carbocycles. The van der Waals surface area contributed by atoms with Crippen molar-refractivity contribution in [2.24, 2.45) is 0 Å². The van der Waals surface area contributed by atoms with E-state index < -0.39 is 5.54 Å². The van der Waals surface area contributed by atoms with Gasteiger partial charge in [0.2, 0.25) is 0 Å². The number of hydrogen-bond donors (Lipinski definition) is 1. The third-order valence-electron chi connectivity index (χ3n) is 3.26. The number of benzene rings is 1. The quantitative estimate of drug-likeness (QED) is 0.679. The number of rotatable bonds is 5. The molecule has 0 amide bonds. The molecule has 0 aliphatic carbocycles. The van der Waals surface area contributed by atoms with E-state index in [1.54, 1.807) is 7.05 Å². The number of nitrogens with one attached hydrogen (secondary N) is 1. The van der Waals surface area contributed by atoms with Crippen molar-refractivity contribution in [1.29, 1.82) is 5.26 Å². The molecule has 4 nitrogen and oxygen atoms in total. The van der Waals surface area contributed by atoms with Gasteiger partial charge in [-0.3, -0.25) is 5.32 Å². The van der Waals surface area contributed by atoms with Crippen LogP contribution in [0.25, 0.3) is 0 Å². The molecule has 2 aromatic rings. The highest BCUT2D eigenvalue weighted by molar-refractivity contribution is 7.99. The average Bonchev–Trinajstić information content (AvgIpc) is 2.49. The summed E-state index contributed by atoms with van der Waals surface area (Å²) in [5.41, 5.74) is 2.09. The van der Waals surface area contributed by atoms with E-state index >= 15 is 0 Å². The first-order valence-electron chi connectivity index (χ1n) is 6.70. The molecule has 0 saturated carbocycles. The van der Waals surface area contributed by atoms with Gasteiger partial charge in [-0.05, 0) is 32.5 Å². The molecule has 1 aromatic heterocycles. The molecule has 21 heavy (non-hydrogen) atoms. The second-order valence-corrected chi connectivity index (χ2v) is 5.80. The standard InChI is InChI=1S/C16H18N4S/c1-12-9-13(2)20-15(19-12)21-11-16(10-17,18-3)14-7-5-4-6-8-14/h4-9,18H,11H2,1-3H3. The van der Waals surface area contributed by atoms with E-state index in [1.807, 2.05) is 50.2 Å². The molecule has 0 aliphatic heterocycles. The predicted octanol–water partition coefficient (Wildman–Crippen LogP) is 2.82. The van der Waals surface area contributed by atoms with Crippen molar-refractivity contribution in [2.45, 2.75) is 24.5 Å². The van der Waals surface area contributed by atoms with Gasteiger partial charge in [0, 0.05) is 17.1 Å². The third kappa shape index (κ3) is 3.60.